The monoisotopic (exact) mass is 929 g/mol. The second kappa shape index (κ2) is 27.3. The summed E-state index contributed by atoms with van der Waals surface area (Å²) < 4.78 is 182. The third-order valence-corrected chi connectivity index (χ3v) is 14.0. The molecule has 0 saturated heterocycles. The molecule has 4 aliphatic rings. The SMILES string of the molecule is C.CCCC1CCC(C(C2CCC(CCC)CC2)(C(F)(F)F)C(F)(F)F)CC1.CCCOC1CCC(C(C2CCC(OCCC)CC2)(C(F)(F)F)C(F)(F)F)CC1.F.F.F.F. The van der Waals surface area contributed by atoms with E-state index in [2.05, 4.69) is 0 Å². The van der Waals surface area contributed by atoms with Crippen molar-refractivity contribution in [2.45, 2.75) is 213 Å². The van der Waals surface area contributed by atoms with Crippen LogP contribution >= 0.6 is 0 Å². The van der Waals surface area contributed by atoms with Crippen molar-refractivity contribution in [1.29, 1.82) is 0 Å². The van der Waals surface area contributed by atoms with Crippen LogP contribution in [0.3, 0.4) is 0 Å². The highest BCUT2D eigenvalue weighted by Gasteiger charge is 2.77. The molecule has 18 heteroatoms. The number of ether oxygens (including phenoxy) is 2. The third kappa shape index (κ3) is 14.9. The predicted octanol–water partition coefficient (Wildman–Crippen LogP) is 16.6. The molecule has 0 aromatic carbocycles. The number of alkyl halides is 12. The molecular formula is C43H76F16O2. The molecule has 0 amide bonds. The van der Waals surface area contributed by atoms with Gasteiger partial charge in [0.05, 0.1) is 12.2 Å². The van der Waals surface area contributed by atoms with Gasteiger partial charge >= 0.3 is 24.7 Å². The highest BCUT2D eigenvalue weighted by Crippen LogP contribution is 2.66. The fourth-order valence-corrected chi connectivity index (χ4v) is 11.4. The molecule has 0 aliphatic heterocycles. The average Bonchev–Trinajstić information content (AvgIpc) is 3.11. The second-order valence-corrected chi connectivity index (χ2v) is 17.4. The summed E-state index contributed by atoms with van der Waals surface area (Å²) in [7, 11) is 0. The fourth-order valence-electron chi connectivity index (χ4n) is 11.4. The van der Waals surface area contributed by atoms with E-state index in [9.17, 15) is 52.7 Å². The average molecular weight is 929 g/mol. The highest BCUT2D eigenvalue weighted by atomic mass is 19.4. The third-order valence-electron chi connectivity index (χ3n) is 14.0. The first-order chi connectivity index (χ1) is 26.1. The minimum Gasteiger partial charge on any atom is -0.378 e. The molecule has 0 bridgehead atoms. The zero-order chi connectivity index (χ0) is 42.0. The summed E-state index contributed by atoms with van der Waals surface area (Å²) in [4.78, 5) is 0. The Morgan fingerprint density at radius 3 is 0.738 bits per heavy atom. The van der Waals surface area contributed by atoms with Gasteiger partial charge in [0, 0.05) is 13.2 Å². The summed E-state index contributed by atoms with van der Waals surface area (Å²) >= 11 is 0. The number of halogens is 16. The molecule has 61 heavy (non-hydrogen) atoms. The van der Waals surface area contributed by atoms with E-state index in [1.165, 1.54) is 0 Å². The molecular weight excluding hydrogens is 852 g/mol. The van der Waals surface area contributed by atoms with Crippen LogP contribution in [0.1, 0.15) is 176 Å². The van der Waals surface area contributed by atoms with Gasteiger partial charge < -0.3 is 9.47 Å². The molecule has 0 radical (unpaired) electrons. The summed E-state index contributed by atoms with van der Waals surface area (Å²) in [5.74, 6) is -4.96. The first-order valence-electron chi connectivity index (χ1n) is 21.6. The van der Waals surface area contributed by atoms with E-state index < -0.39 is 59.2 Å². The maximum Gasteiger partial charge on any atom is 0.403 e. The van der Waals surface area contributed by atoms with Gasteiger partial charge in [-0.3, -0.25) is 18.8 Å². The molecule has 372 valence electrons. The van der Waals surface area contributed by atoms with Crippen molar-refractivity contribution < 1.29 is 81.0 Å². The van der Waals surface area contributed by atoms with E-state index in [4.69, 9.17) is 9.47 Å². The zero-order valence-corrected chi connectivity index (χ0v) is 35.6. The Labute approximate surface area is 353 Å². The van der Waals surface area contributed by atoms with Crippen LogP contribution in [-0.4, -0.2) is 50.1 Å². The first kappa shape index (κ1) is 64.1. The molecule has 4 fully saturated rings. The van der Waals surface area contributed by atoms with Gasteiger partial charge in [-0.05, 0) is 125 Å². The summed E-state index contributed by atoms with van der Waals surface area (Å²) in [6.45, 7) is 8.84. The van der Waals surface area contributed by atoms with Gasteiger partial charge in [-0.25, -0.2) is 0 Å². The Balaban J connectivity index is -0.00000102. The molecule has 4 aliphatic carbocycles. The van der Waals surface area contributed by atoms with Gasteiger partial charge in [0.1, 0.15) is 0 Å². The van der Waals surface area contributed by atoms with Crippen LogP contribution in [0, 0.1) is 46.3 Å². The predicted molar refractivity (Wildman–Crippen MR) is 211 cm³/mol. The van der Waals surface area contributed by atoms with E-state index >= 15 is 0 Å². The molecule has 0 aromatic rings. The van der Waals surface area contributed by atoms with E-state index in [0.29, 0.717) is 38.9 Å². The van der Waals surface area contributed by atoms with Crippen LogP contribution in [0.2, 0.25) is 0 Å². The van der Waals surface area contributed by atoms with Crippen LogP contribution in [0.15, 0.2) is 0 Å². The standard InChI is InChI=1S/C21H34F6O2.C21H34F6.CH4.4FH/c1-3-13-28-17-9-5-15(6-10-17)19(20(22,23)24,21(25,26)27)16-7-11-18(12-8-16)29-14-4-2;1-3-5-15-7-11-17(12-8-15)19(20(22,23)24,21(25,26)27)18-13-9-16(6-4-2)10-14-18;;;;;/h15-18H,3-14H2,1-2H3;15-18H,3-14H2,1-2H3;1H4;4*1H. The highest BCUT2D eigenvalue weighted by molar-refractivity contribution is 5.06. The van der Waals surface area contributed by atoms with Crippen molar-refractivity contribution in [1.82, 2.24) is 0 Å². The quantitative estimate of drug-likeness (QED) is 0.162. The van der Waals surface area contributed by atoms with Crippen molar-refractivity contribution in [2.24, 2.45) is 46.3 Å². The molecule has 0 N–H and O–H groups in total. The molecule has 4 rings (SSSR count). The first-order valence-corrected chi connectivity index (χ1v) is 21.6. The zero-order valence-electron chi connectivity index (χ0n) is 35.6. The van der Waals surface area contributed by atoms with Crippen LogP contribution in [0.4, 0.5) is 71.5 Å². The molecule has 0 aromatic heterocycles. The molecule has 0 atom stereocenters. The Morgan fingerprint density at radius 2 is 0.557 bits per heavy atom. The number of rotatable bonds is 14. The van der Waals surface area contributed by atoms with Crippen molar-refractivity contribution in [3.8, 4) is 0 Å². The topological polar surface area (TPSA) is 18.5 Å². The summed E-state index contributed by atoms with van der Waals surface area (Å²) in [5, 5.41) is 0. The van der Waals surface area contributed by atoms with Crippen LogP contribution in [0.5, 0.6) is 0 Å². The van der Waals surface area contributed by atoms with Gasteiger partial charge in [-0.2, -0.15) is 52.7 Å². The lowest BCUT2D eigenvalue weighted by atomic mass is 9.56. The van der Waals surface area contributed by atoms with Crippen LogP contribution < -0.4 is 0 Å². The molecule has 2 nitrogen and oxygen atoms in total. The van der Waals surface area contributed by atoms with Crippen LogP contribution in [0.25, 0.3) is 0 Å². The minimum absolute atomic E-state index is 0. The fraction of sp³-hybridized carbons (Fsp3) is 1.00. The van der Waals surface area contributed by atoms with Gasteiger partial charge in [0.2, 0.25) is 0 Å². The van der Waals surface area contributed by atoms with Gasteiger partial charge in [-0.15, -0.1) is 0 Å². The summed E-state index contributed by atoms with van der Waals surface area (Å²) in [5.41, 5.74) is -7.15. The normalized spacial score (nSPS) is 27.9. The van der Waals surface area contributed by atoms with E-state index in [1.54, 1.807) is 0 Å². The lowest BCUT2D eigenvalue weighted by Crippen LogP contribution is -2.61. The Hall–Kier alpha value is -1.20. The lowest BCUT2D eigenvalue weighted by Gasteiger charge is -2.51. The van der Waals surface area contributed by atoms with Crippen molar-refractivity contribution in [3.05, 3.63) is 0 Å². The molecule has 4 saturated carbocycles. The van der Waals surface area contributed by atoms with Crippen molar-refractivity contribution in [2.75, 3.05) is 13.2 Å². The van der Waals surface area contributed by atoms with Gasteiger partial charge in [0.25, 0.3) is 0 Å². The van der Waals surface area contributed by atoms with Crippen molar-refractivity contribution >= 4 is 0 Å². The maximum atomic E-state index is 14.3. The van der Waals surface area contributed by atoms with E-state index in [-0.39, 0.29) is 127 Å². The maximum absolute atomic E-state index is 14.3. The Morgan fingerprint density at radius 1 is 0.344 bits per heavy atom. The second-order valence-electron chi connectivity index (χ2n) is 17.4. The minimum atomic E-state index is -5.32. The summed E-state index contributed by atoms with van der Waals surface area (Å²) in [6, 6.07) is 0. The van der Waals surface area contributed by atoms with Gasteiger partial charge in [-0.1, -0.05) is 86.5 Å². The van der Waals surface area contributed by atoms with Crippen molar-refractivity contribution in [3.63, 3.8) is 0 Å². The van der Waals surface area contributed by atoms with Gasteiger partial charge in [0.15, 0.2) is 10.8 Å². The smallest absolute Gasteiger partial charge is 0.378 e. The number of hydrogen-bond acceptors (Lipinski definition) is 2. The molecule has 0 heterocycles. The van der Waals surface area contributed by atoms with Crippen LogP contribution in [-0.2, 0) is 9.47 Å². The lowest BCUT2D eigenvalue weighted by molar-refractivity contribution is -0.383. The molecule has 0 unspecified atom stereocenters. The Kier molecular flexibility index (Phi) is 28.7. The summed E-state index contributed by atoms with van der Waals surface area (Å²) in [6.07, 6.45) is -13.5. The largest absolute Gasteiger partial charge is 0.403 e. The van der Waals surface area contributed by atoms with E-state index in [0.717, 1.165) is 38.5 Å². The van der Waals surface area contributed by atoms with E-state index in [1.807, 2.05) is 27.7 Å². The Bertz CT molecular complexity index is 1010. The number of hydrogen-bond donors (Lipinski definition) is 0. The molecule has 0 spiro atoms.